The molecule has 40 heavy (non-hydrogen) atoms. The minimum Gasteiger partial charge on any atom is -0.379 e. The van der Waals surface area contributed by atoms with Crippen molar-refractivity contribution in [2.45, 2.75) is 31.7 Å². The van der Waals surface area contributed by atoms with E-state index in [1.54, 1.807) is 0 Å². The van der Waals surface area contributed by atoms with E-state index in [4.69, 9.17) is 15.2 Å². The zero-order valence-electron chi connectivity index (χ0n) is 22.5. The van der Waals surface area contributed by atoms with Crippen molar-refractivity contribution in [1.29, 1.82) is 0 Å². The highest BCUT2D eigenvalue weighted by molar-refractivity contribution is 5.91. The molecule has 1 unspecified atom stereocenters. The molecule has 0 saturated carbocycles. The number of nitrogens with one attached hydrogen (secondary N) is 4. The molecule has 13 heteroatoms. The average molecular weight is 562 g/mol. The van der Waals surface area contributed by atoms with Gasteiger partial charge in [-0.1, -0.05) is 30.3 Å². The number of benzene rings is 1. The van der Waals surface area contributed by atoms with Gasteiger partial charge in [-0.2, -0.15) is 0 Å². The van der Waals surface area contributed by atoms with Crippen molar-refractivity contribution in [3.63, 3.8) is 0 Å². The summed E-state index contributed by atoms with van der Waals surface area (Å²) < 4.78 is 10.6. The SMILES string of the molecule is NC(CNC(=O)CNC(=O)CCOCCOCCNC(=O)CCNC(=O)/C=C\C=O)C(=O)CCc1ccccc1. The van der Waals surface area contributed by atoms with E-state index in [1.165, 1.54) is 0 Å². The maximum atomic E-state index is 12.1. The lowest BCUT2D eigenvalue weighted by Gasteiger charge is -2.12. The van der Waals surface area contributed by atoms with Crippen LogP contribution in [0.2, 0.25) is 0 Å². The number of ketones is 1. The second-order valence-electron chi connectivity index (χ2n) is 8.50. The van der Waals surface area contributed by atoms with Crippen molar-refractivity contribution in [3.05, 3.63) is 48.0 Å². The molecule has 0 fully saturated rings. The summed E-state index contributed by atoms with van der Waals surface area (Å²) in [7, 11) is 0. The third-order valence-corrected chi connectivity index (χ3v) is 5.27. The fraction of sp³-hybridized carbons (Fsp3) is 0.481. The molecule has 0 heterocycles. The number of hydrogen-bond donors (Lipinski definition) is 5. The fourth-order valence-corrected chi connectivity index (χ4v) is 3.09. The quantitative estimate of drug-likeness (QED) is 0.0639. The second-order valence-corrected chi connectivity index (χ2v) is 8.50. The van der Waals surface area contributed by atoms with E-state index in [-0.39, 0.29) is 89.5 Å². The van der Waals surface area contributed by atoms with Gasteiger partial charge in [0.25, 0.3) is 0 Å². The maximum absolute atomic E-state index is 12.1. The number of ether oxygens (including phenoxy) is 2. The Morgan fingerprint density at radius 3 is 2.20 bits per heavy atom. The van der Waals surface area contributed by atoms with Crippen molar-refractivity contribution in [2.75, 3.05) is 52.6 Å². The summed E-state index contributed by atoms with van der Waals surface area (Å²) in [6.45, 7) is 1.11. The molecule has 0 saturated heterocycles. The van der Waals surface area contributed by atoms with Crippen LogP contribution in [0, 0.1) is 0 Å². The fourth-order valence-electron chi connectivity index (χ4n) is 3.09. The van der Waals surface area contributed by atoms with E-state index in [9.17, 15) is 28.8 Å². The Hall–Kier alpha value is -3.94. The Kier molecular flexibility index (Phi) is 18.7. The minimum absolute atomic E-state index is 0.00538. The summed E-state index contributed by atoms with van der Waals surface area (Å²) in [6, 6.07) is 8.75. The normalized spacial score (nSPS) is 11.4. The number of nitrogens with two attached hydrogens (primary N) is 1. The molecule has 220 valence electrons. The zero-order chi connectivity index (χ0) is 29.4. The Bertz CT molecular complexity index is 971. The summed E-state index contributed by atoms with van der Waals surface area (Å²) in [5.74, 6) is -1.67. The molecule has 4 amide bonds. The second kappa shape index (κ2) is 21.9. The molecule has 1 rings (SSSR count). The molecule has 13 nitrogen and oxygen atoms in total. The van der Waals surface area contributed by atoms with Gasteiger partial charge in [0, 0.05) is 45.0 Å². The van der Waals surface area contributed by atoms with Gasteiger partial charge in [0.2, 0.25) is 23.6 Å². The van der Waals surface area contributed by atoms with Crippen LogP contribution in [-0.4, -0.2) is 94.3 Å². The number of carbonyl (C=O) groups excluding carboxylic acids is 6. The number of aldehydes is 1. The molecule has 1 atom stereocenters. The Morgan fingerprint density at radius 2 is 1.48 bits per heavy atom. The molecule has 0 aromatic heterocycles. The predicted molar refractivity (Wildman–Crippen MR) is 146 cm³/mol. The number of rotatable bonds is 22. The van der Waals surface area contributed by atoms with Crippen LogP contribution < -0.4 is 27.0 Å². The van der Waals surface area contributed by atoms with Crippen LogP contribution >= 0.6 is 0 Å². The Morgan fingerprint density at radius 1 is 0.775 bits per heavy atom. The highest BCUT2D eigenvalue weighted by Gasteiger charge is 2.15. The van der Waals surface area contributed by atoms with Crippen LogP contribution in [0.3, 0.4) is 0 Å². The van der Waals surface area contributed by atoms with E-state index in [2.05, 4.69) is 21.3 Å². The van der Waals surface area contributed by atoms with Crippen LogP contribution in [0.25, 0.3) is 0 Å². The lowest BCUT2D eigenvalue weighted by molar-refractivity contribution is -0.127. The lowest BCUT2D eigenvalue weighted by Crippen LogP contribution is -2.45. The van der Waals surface area contributed by atoms with Gasteiger partial charge < -0.3 is 36.5 Å². The molecule has 0 bridgehead atoms. The molecular weight excluding hydrogens is 522 g/mol. The first kappa shape index (κ1) is 34.1. The standard InChI is InChI=1S/C27H39N5O8/c28-22(23(34)9-8-21-5-2-1-3-6-21)19-31-27(38)20-32-26(37)11-15-39-17-18-40-16-13-30-25(36)10-12-29-24(35)7-4-14-33/h1-7,14,22H,8-13,15-20,28H2,(H,29,35)(H,30,36)(H,31,38)(H,32,37)/b7-4-. The predicted octanol–water partition coefficient (Wildman–Crippen LogP) is -1.45. The molecule has 0 aliphatic carbocycles. The van der Waals surface area contributed by atoms with E-state index in [0.717, 1.165) is 17.7 Å². The van der Waals surface area contributed by atoms with Crippen molar-refractivity contribution in [1.82, 2.24) is 21.3 Å². The van der Waals surface area contributed by atoms with E-state index < -0.39 is 17.9 Å². The number of amides is 4. The third kappa shape index (κ3) is 18.3. The van der Waals surface area contributed by atoms with Gasteiger partial charge in [0.15, 0.2) is 5.78 Å². The molecule has 0 aliphatic heterocycles. The van der Waals surface area contributed by atoms with Crippen molar-refractivity contribution in [3.8, 4) is 0 Å². The van der Waals surface area contributed by atoms with Gasteiger partial charge in [-0.05, 0) is 18.1 Å². The first-order valence-electron chi connectivity index (χ1n) is 13.0. The van der Waals surface area contributed by atoms with Crippen LogP contribution in [0.15, 0.2) is 42.5 Å². The monoisotopic (exact) mass is 561 g/mol. The number of carbonyl (C=O) groups is 6. The summed E-state index contributed by atoms with van der Waals surface area (Å²) in [5, 5.41) is 10.1. The summed E-state index contributed by atoms with van der Waals surface area (Å²) in [4.78, 5) is 68.9. The smallest absolute Gasteiger partial charge is 0.244 e. The molecule has 0 aliphatic rings. The van der Waals surface area contributed by atoms with Gasteiger partial charge in [0.05, 0.1) is 39.0 Å². The third-order valence-electron chi connectivity index (χ3n) is 5.27. The van der Waals surface area contributed by atoms with Gasteiger partial charge >= 0.3 is 0 Å². The molecule has 6 N–H and O–H groups in total. The molecular formula is C27H39N5O8. The summed E-state index contributed by atoms with van der Waals surface area (Å²) in [5.41, 5.74) is 6.89. The van der Waals surface area contributed by atoms with E-state index in [0.29, 0.717) is 12.7 Å². The zero-order valence-corrected chi connectivity index (χ0v) is 22.5. The van der Waals surface area contributed by atoms with Crippen molar-refractivity contribution in [2.24, 2.45) is 5.73 Å². The van der Waals surface area contributed by atoms with E-state index >= 15 is 0 Å². The number of hydrogen-bond acceptors (Lipinski definition) is 9. The molecule has 1 aromatic rings. The number of Topliss-reactive ketones (excluding diaryl/α,β-unsaturated/α-hetero) is 1. The Labute approximate surface area is 233 Å². The minimum atomic E-state index is -0.812. The van der Waals surface area contributed by atoms with Gasteiger partial charge in [-0.3, -0.25) is 28.8 Å². The van der Waals surface area contributed by atoms with Gasteiger partial charge in [-0.15, -0.1) is 0 Å². The van der Waals surface area contributed by atoms with Gasteiger partial charge in [-0.25, -0.2) is 0 Å². The van der Waals surface area contributed by atoms with Crippen molar-refractivity contribution < 1.29 is 38.2 Å². The summed E-state index contributed by atoms with van der Waals surface area (Å²) in [6.07, 6.45) is 3.63. The van der Waals surface area contributed by atoms with E-state index in [1.807, 2.05) is 30.3 Å². The van der Waals surface area contributed by atoms with Crippen LogP contribution in [0.4, 0.5) is 0 Å². The lowest BCUT2D eigenvalue weighted by atomic mass is 10.0. The summed E-state index contributed by atoms with van der Waals surface area (Å²) >= 11 is 0. The highest BCUT2D eigenvalue weighted by atomic mass is 16.5. The average Bonchev–Trinajstić information content (AvgIpc) is 2.96. The van der Waals surface area contributed by atoms with Crippen LogP contribution in [0.1, 0.15) is 24.8 Å². The maximum Gasteiger partial charge on any atom is 0.244 e. The first-order valence-corrected chi connectivity index (χ1v) is 13.0. The highest BCUT2D eigenvalue weighted by Crippen LogP contribution is 2.03. The molecule has 0 spiro atoms. The molecule has 1 aromatic carbocycles. The first-order chi connectivity index (χ1) is 19.3. The van der Waals surface area contributed by atoms with Gasteiger partial charge in [0.1, 0.15) is 6.29 Å². The van der Waals surface area contributed by atoms with Crippen LogP contribution in [-0.2, 0) is 44.7 Å². The largest absolute Gasteiger partial charge is 0.379 e. The number of aryl methyl sites for hydroxylation is 1. The van der Waals surface area contributed by atoms with Crippen molar-refractivity contribution >= 4 is 35.7 Å². The van der Waals surface area contributed by atoms with Crippen LogP contribution in [0.5, 0.6) is 0 Å². The molecule has 0 radical (unpaired) electrons. The Balaban J connectivity index is 1.96. The topological polar surface area (TPSA) is 195 Å². The number of allylic oxidation sites excluding steroid dienone is 1.